The van der Waals surface area contributed by atoms with Crippen LogP contribution in [0.25, 0.3) is 0 Å². The Morgan fingerprint density at radius 3 is 2.45 bits per heavy atom. The Labute approximate surface area is 191 Å². The highest BCUT2D eigenvalue weighted by Crippen LogP contribution is 2.24. The molecule has 9 heteroatoms. The van der Waals surface area contributed by atoms with Crippen LogP contribution < -0.4 is 4.72 Å². The second kappa shape index (κ2) is 11.0. The van der Waals surface area contributed by atoms with Crippen LogP contribution in [0.5, 0.6) is 0 Å². The maximum atomic E-state index is 14.5. The Balaban J connectivity index is 1.74. The van der Waals surface area contributed by atoms with Crippen LogP contribution in [-0.2, 0) is 32.5 Å². The van der Waals surface area contributed by atoms with Crippen molar-refractivity contribution in [1.29, 1.82) is 0 Å². The van der Waals surface area contributed by atoms with Gasteiger partial charge in [0, 0.05) is 0 Å². The molecular formula is C24H23F2NO5S. The predicted molar refractivity (Wildman–Crippen MR) is 119 cm³/mol. The molecule has 0 amide bonds. The highest BCUT2D eigenvalue weighted by Gasteiger charge is 2.22. The van der Waals surface area contributed by atoms with Crippen molar-refractivity contribution < 1.29 is 31.5 Å². The van der Waals surface area contributed by atoms with Gasteiger partial charge < -0.3 is 9.47 Å². The second-order valence-corrected chi connectivity index (χ2v) is 8.71. The topological polar surface area (TPSA) is 81.7 Å². The van der Waals surface area contributed by atoms with E-state index in [2.05, 4.69) is 4.72 Å². The number of sulfonamides is 1. The Kier molecular flexibility index (Phi) is 8.13. The summed E-state index contributed by atoms with van der Waals surface area (Å²) in [5.41, 5.74) is 0.853. The van der Waals surface area contributed by atoms with E-state index in [9.17, 15) is 22.0 Å². The van der Waals surface area contributed by atoms with Crippen molar-refractivity contribution in [1.82, 2.24) is 0 Å². The van der Waals surface area contributed by atoms with E-state index in [0.717, 1.165) is 29.8 Å². The first-order valence-electron chi connectivity index (χ1n) is 10.2. The molecule has 0 aliphatic rings. The number of rotatable bonds is 10. The predicted octanol–water partition coefficient (Wildman–Crippen LogP) is 4.70. The van der Waals surface area contributed by atoms with Crippen LogP contribution in [-0.4, -0.2) is 27.6 Å². The van der Waals surface area contributed by atoms with Gasteiger partial charge in [0.15, 0.2) is 0 Å². The number of hydrogen-bond donors (Lipinski definition) is 1. The van der Waals surface area contributed by atoms with Gasteiger partial charge in [0.1, 0.15) is 11.6 Å². The Bertz CT molecular complexity index is 1220. The minimum Gasteiger partial charge on any atom is -0.462 e. The normalized spacial score (nSPS) is 11.2. The number of ether oxygens (including phenoxy) is 2. The van der Waals surface area contributed by atoms with Gasteiger partial charge in [-0.05, 0) is 54.8 Å². The Hall–Kier alpha value is -3.30. The van der Waals surface area contributed by atoms with E-state index >= 15 is 0 Å². The average molecular weight is 476 g/mol. The van der Waals surface area contributed by atoms with Crippen LogP contribution in [0.4, 0.5) is 14.5 Å². The van der Waals surface area contributed by atoms with E-state index in [0.29, 0.717) is 12.2 Å². The summed E-state index contributed by atoms with van der Waals surface area (Å²) in [7, 11) is -4.32. The van der Waals surface area contributed by atoms with Crippen LogP contribution in [0.15, 0.2) is 71.6 Å². The van der Waals surface area contributed by atoms with E-state index in [1.165, 1.54) is 12.1 Å². The number of nitrogens with one attached hydrogen (secondary N) is 1. The summed E-state index contributed by atoms with van der Waals surface area (Å²) in [5, 5.41) is 0. The van der Waals surface area contributed by atoms with E-state index in [4.69, 9.17) is 9.47 Å². The van der Waals surface area contributed by atoms with Crippen molar-refractivity contribution >= 4 is 21.7 Å². The van der Waals surface area contributed by atoms with Crippen molar-refractivity contribution in [3.8, 4) is 0 Å². The molecule has 3 aromatic rings. The summed E-state index contributed by atoms with van der Waals surface area (Å²) >= 11 is 0. The third-order valence-corrected chi connectivity index (χ3v) is 6.12. The minimum absolute atomic E-state index is 0.0562. The molecule has 3 rings (SSSR count). The lowest BCUT2D eigenvalue weighted by Crippen LogP contribution is -2.17. The number of anilines is 1. The maximum Gasteiger partial charge on any atom is 0.338 e. The summed E-state index contributed by atoms with van der Waals surface area (Å²) < 4.78 is 66.7. The van der Waals surface area contributed by atoms with Gasteiger partial charge in [0.05, 0.1) is 36.0 Å². The van der Waals surface area contributed by atoms with Crippen molar-refractivity contribution in [3.05, 3.63) is 95.1 Å². The number of carbonyl (C=O) groups excluding carboxylic acids is 1. The average Bonchev–Trinajstić information content (AvgIpc) is 2.79. The largest absolute Gasteiger partial charge is 0.462 e. The Morgan fingerprint density at radius 1 is 1.00 bits per heavy atom. The fraction of sp³-hybridized carbons (Fsp3) is 0.208. The molecule has 0 bridgehead atoms. The van der Waals surface area contributed by atoms with Gasteiger partial charge in [-0.25, -0.2) is 22.0 Å². The molecular weight excluding hydrogens is 452 g/mol. The van der Waals surface area contributed by atoms with Crippen molar-refractivity contribution in [2.24, 2.45) is 0 Å². The van der Waals surface area contributed by atoms with Crippen molar-refractivity contribution in [2.75, 3.05) is 17.9 Å². The summed E-state index contributed by atoms with van der Waals surface area (Å²) in [6, 6.07) is 16.1. The lowest BCUT2D eigenvalue weighted by Gasteiger charge is -2.14. The van der Waals surface area contributed by atoms with Gasteiger partial charge >= 0.3 is 5.97 Å². The molecule has 174 valence electrons. The molecule has 0 atom stereocenters. The smallest absolute Gasteiger partial charge is 0.338 e. The maximum absolute atomic E-state index is 14.5. The molecule has 0 spiro atoms. The van der Waals surface area contributed by atoms with Gasteiger partial charge in [0.2, 0.25) is 0 Å². The van der Waals surface area contributed by atoms with Crippen LogP contribution in [0.1, 0.15) is 28.4 Å². The molecule has 0 radical (unpaired) electrons. The molecule has 3 aromatic carbocycles. The molecule has 0 aromatic heterocycles. The first-order valence-corrected chi connectivity index (χ1v) is 11.7. The fourth-order valence-corrected chi connectivity index (χ4v) is 4.42. The fourth-order valence-electron chi connectivity index (χ4n) is 3.07. The number of carbonyl (C=O) groups is 1. The molecule has 0 unspecified atom stereocenters. The SMILES string of the molecule is CCOC(=O)c1ccc(NS(=O)(=O)c2cc(F)ccc2CCOCc2ccccc2)c(F)c1. The number of halogens is 2. The van der Waals surface area contributed by atoms with Crippen LogP contribution in [0.2, 0.25) is 0 Å². The van der Waals surface area contributed by atoms with Gasteiger partial charge in [-0.2, -0.15) is 0 Å². The zero-order valence-corrected chi connectivity index (χ0v) is 18.7. The summed E-state index contributed by atoms with van der Waals surface area (Å²) in [5.74, 6) is -2.44. The lowest BCUT2D eigenvalue weighted by atomic mass is 10.1. The zero-order chi connectivity index (χ0) is 23.8. The summed E-state index contributed by atoms with van der Waals surface area (Å²) in [4.78, 5) is 11.4. The van der Waals surface area contributed by atoms with E-state index in [1.807, 2.05) is 30.3 Å². The first-order chi connectivity index (χ1) is 15.8. The minimum atomic E-state index is -4.32. The standard InChI is InChI=1S/C24H23F2NO5S/c1-2-32-24(28)19-9-11-22(21(26)14-19)27-33(29,30)23-15-20(25)10-8-18(23)12-13-31-16-17-6-4-3-5-7-17/h3-11,14-15,27H,2,12-13,16H2,1H3. The van der Waals surface area contributed by atoms with Gasteiger partial charge in [-0.1, -0.05) is 36.4 Å². The number of esters is 1. The van der Waals surface area contributed by atoms with Crippen molar-refractivity contribution in [2.45, 2.75) is 24.8 Å². The number of hydrogen-bond acceptors (Lipinski definition) is 5. The number of benzene rings is 3. The molecule has 1 N–H and O–H groups in total. The quantitative estimate of drug-likeness (QED) is 0.340. The highest BCUT2D eigenvalue weighted by atomic mass is 32.2. The Morgan fingerprint density at radius 2 is 1.76 bits per heavy atom. The summed E-state index contributed by atoms with van der Waals surface area (Å²) in [6.45, 7) is 2.28. The van der Waals surface area contributed by atoms with Crippen LogP contribution in [0, 0.1) is 11.6 Å². The van der Waals surface area contributed by atoms with Gasteiger partial charge in [-0.15, -0.1) is 0 Å². The molecule has 0 saturated carbocycles. The van der Waals surface area contributed by atoms with Gasteiger partial charge in [-0.3, -0.25) is 4.72 Å². The third-order valence-electron chi connectivity index (χ3n) is 4.67. The molecule has 0 aliphatic carbocycles. The molecule has 33 heavy (non-hydrogen) atoms. The molecule has 0 heterocycles. The van der Waals surface area contributed by atoms with Crippen LogP contribution >= 0.6 is 0 Å². The highest BCUT2D eigenvalue weighted by molar-refractivity contribution is 7.92. The van der Waals surface area contributed by atoms with Crippen molar-refractivity contribution in [3.63, 3.8) is 0 Å². The summed E-state index contributed by atoms with van der Waals surface area (Å²) in [6.07, 6.45) is 0.202. The molecule has 0 fully saturated rings. The van der Waals surface area contributed by atoms with E-state index in [1.54, 1.807) is 6.92 Å². The van der Waals surface area contributed by atoms with E-state index < -0.39 is 27.6 Å². The lowest BCUT2D eigenvalue weighted by molar-refractivity contribution is 0.0526. The monoisotopic (exact) mass is 475 g/mol. The second-order valence-electron chi connectivity index (χ2n) is 7.06. The van der Waals surface area contributed by atoms with Gasteiger partial charge in [0.25, 0.3) is 10.0 Å². The zero-order valence-electron chi connectivity index (χ0n) is 17.9. The van der Waals surface area contributed by atoms with Crippen LogP contribution in [0.3, 0.4) is 0 Å². The molecule has 0 aliphatic heterocycles. The first kappa shape index (κ1) is 24.3. The molecule has 0 saturated heterocycles. The van der Waals surface area contributed by atoms with E-state index in [-0.39, 0.29) is 35.8 Å². The third kappa shape index (κ3) is 6.59. The molecule has 6 nitrogen and oxygen atoms in total.